The van der Waals surface area contributed by atoms with Gasteiger partial charge in [-0.2, -0.15) is 0 Å². The summed E-state index contributed by atoms with van der Waals surface area (Å²) >= 11 is 5.61. The molecule has 2 aromatic rings. The molecule has 1 atom stereocenters. The number of methoxy groups -OCH3 is 1. The summed E-state index contributed by atoms with van der Waals surface area (Å²) in [6.45, 7) is 2.71. The lowest BCUT2D eigenvalue weighted by Gasteiger charge is -2.39. The molecule has 8 nitrogen and oxygen atoms in total. The Balaban J connectivity index is 1.37. The van der Waals surface area contributed by atoms with Crippen molar-refractivity contribution in [1.29, 1.82) is 0 Å². The van der Waals surface area contributed by atoms with E-state index in [1.165, 1.54) is 17.6 Å². The molecule has 4 rings (SSSR count). The molecular formula is C26H30N4O4S. The largest absolute Gasteiger partial charge is 0.465 e. The molecule has 2 aliphatic heterocycles. The normalized spacial score (nSPS) is 19.2. The number of likely N-dealkylation sites (tertiary alicyclic amines) is 1. The van der Waals surface area contributed by atoms with Crippen molar-refractivity contribution in [2.45, 2.75) is 37.9 Å². The summed E-state index contributed by atoms with van der Waals surface area (Å²) in [4.78, 5) is 43.3. The summed E-state index contributed by atoms with van der Waals surface area (Å²) in [7, 11) is 2.99. The van der Waals surface area contributed by atoms with E-state index >= 15 is 0 Å². The number of nitrogens with one attached hydrogen (secondary N) is 1. The second-order valence-electron chi connectivity index (χ2n) is 8.92. The topological polar surface area (TPSA) is 82.2 Å². The van der Waals surface area contributed by atoms with Crippen LogP contribution in [-0.4, -0.2) is 76.9 Å². The molecule has 2 aliphatic rings. The van der Waals surface area contributed by atoms with Gasteiger partial charge in [-0.1, -0.05) is 30.3 Å². The first-order valence-corrected chi connectivity index (χ1v) is 12.1. The number of nitrogens with zero attached hydrogens (tertiary/aromatic N) is 3. The Kier molecular flexibility index (Phi) is 7.77. The quantitative estimate of drug-likeness (QED) is 0.468. The predicted octanol–water partition coefficient (Wildman–Crippen LogP) is 2.89. The molecule has 0 radical (unpaired) electrons. The molecular weight excluding hydrogens is 464 g/mol. The summed E-state index contributed by atoms with van der Waals surface area (Å²) in [6, 6.07) is 16.3. The van der Waals surface area contributed by atoms with Crippen molar-refractivity contribution in [3.05, 3.63) is 65.7 Å². The van der Waals surface area contributed by atoms with Crippen LogP contribution in [0.1, 0.15) is 35.2 Å². The van der Waals surface area contributed by atoms with Gasteiger partial charge in [0, 0.05) is 38.4 Å². The molecule has 1 N–H and O–H groups in total. The Labute approximate surface area is 210 Å². The lowest BCUT2D eigenvalue weighted by Crippen LogP contribution is -2.49. The number of hydrogen-bond donors (Lipinski definition) is 1. The van der Waals surface area contributed by atoms with Crippen LogP contribution < -0.4 is 5.32 Å². The van der Waals surface area contributed by atoms with Gasteiger partial charge in [-0.25, -0.2) is 4.79 Å². The number of hydrogen-bond acceptors (Lipinski definition) is 6. The number of esters is 1. The first-order valence-electron chi connectivity index (χ1n) is 11.7. The van der Waals surface area contributed by atoms with Crippen molar-refractivity contribution in [2.24, 2.45) is 0 Å². The highest BCUT2D eigenvalue weighted by Crippen LogP contribution is 2.28. The molecule has 2 amide bonds. The Morgan fingerprint density at radius 2 is 1.71 bits per heavy atom. The summed E-state index contributed by atoms with van der Waals surface area (Å²) in [5.74, 6) is -0.877. The molecule has 0 aromatic heterocycles. The minimum atomic E-state index is -0.618. The smallest absolute Gasteiger partial charge is 0.337 e. The third-order valence-electron chi connectivity index (χ3n) is 6.63. The Morgan fingerprint density at radius 3 is 2.34 bits per heavy atom. The number of carbonyl (C=O) groups is 3. The van der Waals surface area contributed by atoms with E-state index in [1.54, 1.807) is 31.3 Å². The zero-order chi connectivity index (χ0) is 24.9. The molecule has 2 aromatic carbocycles. The first-order chi connectivity index (χ1) is 16.9. The van der Waals surface area contributed by atoms with Crippen molar-refractivity contribution in [3.8, 4) is 0 Å². The molecule has 35 heavy (non-hydrogen) atoms. The van der Waals surface area contributed by atoms with Crippen LogP contribution in [0.2, 0.25) is 0 Å². The van der Waals surface area contributed by atoms with E-state index in [4.69, 9.17) is 17.0 Å². The summed E-state index contributed by atoms with van der Waals surface area (Å²) < 4.78 is 4.69. The zero-order valence-corrected chi connectivity index (χ0v) is 20.8. The van der Waals surface area contributed by atoms with Crippen LogP contribution in [0, 0.1) is 0 Å². The fraction of sp³-hybridized carbons (Fsp3) is 0.385. The van der Waals surface area contributed by atoms with Crippen LogP contribution in [0.5, 0.6) is 0 Å². The maximum absolute atomic E-state index is 13.0. The lowest BCUT2D eigenvalue weighted by molar-refractivity contribution is -0.130. The maximum atomic E-state index is 13.0. The van der Waals surface area contributed by atoms with E-state index in [2.05, 4.69) is 34.5 Å². The Bertz CT molecular complexity index is 1080. The number of benzene rings is 2. The summed E-state index contributed by atoms with van der Waals surface area (Å²) in [5, 5.41) is 3.30. The van der Waals surface area contributed by atoms with Gasteiger partial charge >= 0.3 is 5.97 Å². The second-order valence-corrected chi connectivity index (χ2v) is 9.28. The van der Waals surface area contributed by atoms with Gasteiger partial charge in [0.1, 0.15) is 6.04 Å². The number of rotatable bonds is 7. The van der Waals surface area contributed by atoms with Crippen LogP contribution in [0.15, 0.2) is 54.6 Å². The van der Waals surface area contributed by atoms with Gasteiger partial charge in [0.05, 0.1) is 19.1 Å². The number of likely N-dealkylation sites (N-methyl/N-ethyl adjacent to an activating group) is 1. The fourth-order valence-electron chi connectivity index (χ4n) is 4.73. The molecule has 2 fully saturated rings. The highest BCUT2D eigenvalue weighted by atomic mass is 32.1. The minimum absolute atomic E-state index is 0.00625. The van der Waals surface area contributed by atoms with Crippen molar-refractivity contribution < 1.29 is 19.1 Å². The molecule has 0 spiro atoms. The van der Waals surface area contributed by atoms with Gasteiger partial charge < -0.3 is 15.0 Å². The van der Waals surface area contributed by atoms with Gasteiger partial charge in [0.25, 0.3) is 5.91 Å². The molecule has 1 unspecified atom stereocenters. The van der Waals surface area contributed by atoms with E-state index in [9.17, 15) is 14.4 Å². The van der Waals surface area contributed by atoms with Crippen LogP contribution >= 0.6 is 12.2 Å². The molecule has 184 valence electrons. The standard InChI is InChI=1S/C26H30N4O4S/c1-28-24(32)22(16-23(31)27-20-10-8-19(9-11-20)25(33)34-2)30(26(28)35)21-12-14-29(15-13-21)17-18-6-4-3-5-7-18/h3-11,21-22H,12-17H2,1-2H3,(H,27,31). The second kappa shape index (κ2) is 11.0. The summed E-state index contributed by atoms with van der Waals surface area (Å²) in [5.41, 5.74) is 2.23. The number of amides is 2. The Morgan fingerprint density at radius 1 is 1.06 bits per heavy atom. The van der Waals surface area contributed by atoms with E-state index in [0.717, 1.165) is 32.5 Å². The molecule has 0 aliphatic carbocycles. The maximum Gasteiger partial charge on any atom is 0.337 e. The van der Waals surface area contributed by atoms with E-state index in [1.807, 2.05) is 11.0 Å². The first kappa shape index (κ1) is 24.8. The molecule has 2 heterocycles. The monoisotopic (exact) mass is 494 g/mol. The van der Waals surface area contributed by atoms with Gasteiger partial charge in [0.2, 0.25) is 5.91 Å². The molecule has 0 bridgehead atoms. The number of carbonyl (C=O) groups excluding carboxylic acids is 3. The average Bonchev–Trinajstić information content (AvgIpc) is 3.08. The van der Waals surface area contributed by atoms with Crippen LogP contribution in [0.3, 0.4) is 0 Å². The van der Waals surface area contributed by atoms with Crippen molar-refractivity contribution in [3.63, 3.8) is 0 Å². The number of piperidine rings is 1. The van der Waals surface area contributed by atoms with Gasteiger partial charge in [-0.3, -0.25) is 19.4 Å². The van der Waals surface area contributed by atoms with E-state index in [-0.39, 0.29) is 24.3 Å². The average molecular weight is 495 g/mol. The van der Waals surface area contributed by atoms with Gasteiger partial charge in [0.15, 0.2) is 5.11 Å². The van der Waals surface area contributed by atoms with Crippen molar-refractivity contribution in [1.82, 2.24) is 14.7 Å². The third-order valence-corrected chi connectivity index (χ3v) is 7.11. The highest BCUT2D eigenvalue weighted by molar-refractivity contribution is 7.80. The number of thiocarbonyl (C=S) groups is 1. The predicted molar refractivity (Wildman–Crippen MR) is 137 cm³/mol. The van der Waals surface area contributed by atoms with E-state index < -0.39 is 12.0 Å². The van der Waals surface area contributed by atoms with Gasteiger partial charge in [-0.15, -0.1) is 0 Å². The minimum Gasteiger partial charge on any atom is -0.465 e. The SMILES string of the molecule is COC(=O)c1ccc(NC(=O)CC2C(=O)N(C)C(=S)N2C2CCN(Cc3ccccc3)CC2)cc1. The molecule has 2 saturated heterocycles. The number of anilines is 1. The number of ether oxygens (including phenoxy) is 1. The van der Waals surface area contributed by atoms with E-state index in [0.29, 0.717) is 16.4 Å². The zero-order valence-electron chi connectivity index (χ0n) is 20.0. The summed E-state index contributed by atoms with van der Waals surface area (Å²) in [6.07, 6.45) is 1.76. The van der Waals surface area contributed by atoms with Crippen molar-refractivity contribution >= 4 is 40.8 Å². The van der Waals surface area contributed by atoms with Crippen molar-refractivity contribution in [2.75, 3.05) is 32.6 Å². The Hall–Kier alpha value is -3.30. The molecule has 0 saturated carbocycles. The van der Waals surface area contributed by atoms with Gasteiger partial charge in [-0.05, 0) is 54.9 Å². The van der Waals surface area contributed by atoms with Crippen LogP contribution in [0.4, 0.5) is 5.69 Å². The van der Waals surface area contributed by atoms with Crippen LogP contribution in [0.25, 0.3) is 0 Å². The van der Waals surface area contributed by atoms with Crippen LogP contribution in [-0.2, 0) is 20.9 Å². The lowest BCUT2D eigenvalue weighted by atomic mass is 10.00. The fourth-order valence-corrected chi connectivity index (χ4v) is 5.10. The third kappa shape index (κ3) is 5.68. The highest BCUT2D eigenvalue weighted by Gasteiger charge is 2.45. The molecule has 9 heteroatoms.